The first-order valence-corrected chi connectivity index (χ1v) is 9.43. The average molecular weight is 341 g/mol. The van der Waals surface area contributed by atoms with Crippen LogP contribution in [0.1, 0.15) is 5.56 Å². The fourth-order valence-corrected chi connectivity index (χ4v) is 3.06. The summed E-state index contributed by atoms with van der Waals surface area (Å²) in [6.45, 7) is 0.699. The van der Waals surface area contributed by atoms with Gasteiger partial charge in [0.05, 0.1) is 10.6 Å². The number of nitrogens with zero attached hydrogens (tertiary/aromatic N) is 2. The lowest BCUT2D eigenvalue weighted by Gasteiger charge is -2.07. The van der Waals surface area contributed by atoms with Crippen molar-refractivity contribution in [3.05, 3.63) is 66.5 Å². The third-order valence-electron chi connectivity index (χ3n) is 3.69. The van der Waals surface area contributed by atoms with Crippen LogP contribution >= 0.6 is 0 Å². The molecule has 0 atom stereocenters. The van der Waals surface area contributed by atoms with Crippen LogP contribution in [-0.2, 0) is 23.4 Å². The molecule has 0 radical (unpaired) electrons. The number of pyridine rings is 1. The Labute approximate surface area is 141 Å². The minimum absolute atomic E-state index is 0.310. The molecule has 5 nitrogen and oxygen atoms in total. The van der Waals surface area contributed by atoms with Gasteiger partial charge in [0.1, 0.15) is 5.82 Å². The van der Waals surface area contributed by atoms with Crippen molar-refractivity contribution in [1.29, 1.82) is 0 Å². The predicted molar refractivity (Wildman–Crippen MR) is 95.5 cm³/mol. The summed E-state index contributed by atoms with van der Waals surface area (Å²) in [5.74, 6) is 0.781. The summed E-state index contributed by atoms with van der Waals surface area (Å²) in [6.07, 6.45) is 5.26. The molecule has 2 heterocycles. The van der Waals surface area contributed by atoms with Crippen LogP contribution in [0, 0.1) is 0 Å². The zero-order chi connectivity index (χ0) is 17.2. The van der Waals surface area contributed by atoms with Gasteiger partial charge in [-0.2, -0.15) is 0 Å². The number of sulfone groups is 1. The summed E-state index contributed by atoms with van der Waals surface area (Å²) in [4.78, 5) is 4.90. The zero-order valence-corrected chi connectivity index (χ0v) is 14.4. The van der Waals surface area contributed by atoms with E-state index >= 15 is 0 Å². The minimum atomic E-state index is -3.18. The van der Waals surface area contributed by atoms with Gasteiger partial charge >= 0.3 is 0 Å². The Hall–Kier alpha value is -2.60. The lowest BCUT2D eigenvalue weighted by atomic mass is 10.1. The third kappa shape index (κ3) is 3.83. The molecule has 0 bridgehead atoms. The molecule has 3 rings (SSSR count). The van der Waals surface area contributed by atoms with Crippen molar-refractivity contribution in [2.24, 2.45) is 7.05 Å². The molecule has 1 aromatic carbocycles. The highest BCUT2D eigenvalue weighted by Crippen LogP contribution is 2.21. The van der Waals surface area contributed by atoms with Gasteiger partial charge in [0.25, 0.3) is 0 Å². The van der Waals surface area contributed by atoms with Crippen LogP contribution in [0.4, 0.5) is 5.82 Å². The molecule has 0 spiro atoms. The highest BCUT2D eigenvalue weighted by atomic mass is 32.2. The summed E-state index contributed by atoms with van der Waals surface area (Å²) in [5, 5.41) is 3.30. The van der Waals surface area contributed by atoms with Crippen LogP contribution in [0.25, 0.3) is 11.3 Å². The molecule has 0 aliphatic carbocycles. The van der Waals surface area contributed by atoms with Gasteiger partial charge in [-0.25, -0.2) is 13.4 Å². The Morgan fingerprint density at radius 3 is 2.46 bits per heavy atom. The molecule has 6 heteroatoms. The summed E-state index contributed by atoms with van der Waals surface area (Å²) >= 11 is 0. The van der Waals surface area contributed by atoms with Crippen molar-refractivity contribution in [1.82, 2.24) is 9.55 Å². The van der Waals surface area contributed by atoms with Crippen LogP contribution in [0.3, 0.4) is 0 Å². The maximum Gasteiger partial charge on any atom is 0.175 e. The van der Waals surface area contributed by atoms with E-state index in [1.54, 1.807) is 24.3 Å². The first-order chi connectivity index (χ1) is 11.4. The Morgan fingerprint density at radius 1 is 1.08 bits per heavy atom. The average Bonchev–Trinajstić information content (AvgIpc) is 2.98. The molecule has 2 aromatic heterocycles. The van der Waals surface area contributed by atoms with Gasteiger partial charge < -0.3 is 9.88 Å². The van der Waals surface area contributed by atoms with Crippen molar-refractivity contribution >= 4 is 15.7 Å². The fourth-order valence-electron chi connectivity index (χ4n) is 2.42. The van der Waals surface area contributed by atoms with Crippen molar-refractivity contribution in [2.75, 3.05) is 11.6 Å². The van der Waals surface area contributed by atoms with E-state index in [0.717, 1.165) is 17.1 Å². The number of hydrogen-bond acceptors (Lipinski definition) is 4. The van der Waals surface area contributed by atoms with Crippen molar-refractivity contribution in [2.45, 2.75) is 11.4 Å². The second kappa shape index (κ2) is 6.49. The second-order valence-electron chi connectivity index (χ2n) is 5.74. The molecular formula is C18H19N3O2S. The number of aryl methyl sites for hydroxylation is 1. The van der Waals surface area contributed by atoms with E-state index in [1.165, 1.54) is 11.8 Å². The minimum Gasteiger partial charge on any atom is -0.366 e. The first-order valence-electron chi connectivity index (χ1n) is 7.54. The monoisotopic (exact) mass is 341 g/mol. The number of anilines is 1. The Bertz CT molecular complexity index is 944. The number of aromatic nitrogens is 2. The van der Waals surface area contributed by atoms with Gasteiger partial charge in [-0.05, 0) is 35.9 Å². The van der Waals surface area contributed by atoms with E-state index in [1.807, 2.05) is 36.0 Å². The number of hydrogen-bond donors (Lipinski definition) is 1. The SMILES string of the molecule is Cn1ccc(CNc2cccc(-c3ccc(S(C)(=O)=O)cc3)n2)c1. The summed E-state index contributed by atoms with van der Waals surface area (Å²) in [5.41, 5.74) is 2.86. The molecule has 0 unspecified atom stereocenters. The Kier molecular flexibility index (Phi) is 4.40. The number of nitrogens with one attached hydrogen (secondary N) is 1. The van der Waals surface area contributed by atoms with Gasteiger partial charge in [0.2, 0.25) is 0 Å². The second-order valence-corrected chi connectivity index (χ2v) is 7.76. The molecule has 0 aliphatic rings. The summed E-state index contributed by atoms with van der Waals surface area (Å²) in [7, 11) is -1.19. The largest absolute Gasteiger partial charge is 0.366 e. The molecule has 3 aromatic rings. The fraction of sp³-hybridized carbons (Fsp3) is 0.167. The molecule has 0 aliphatic heterocycles. The normalized spacial score (nSPS) is 11.4. The lowest BCUT2D eigenvalue weighted by Crippen LogP contribution is -2.01. The van der Waals surface area contributed by atoms with E-state index in [2.05, 4.69) is 22.6 Å². The van der Waals surface area contributed by atoms with Gasteiger partial charge in [0.15, 0.2) is 9.84 Å². The van der Waals surface area contributed by atoms with E-state index in [-0.39, 0.29) is 0 Å². The smallest absolute Gasteiger partial charge is 0.175 e. The van der Waals surface area contributed by atoms with Crippen molar-refractivity contribution < 1.29 is 8.42 Å². The third-order valence-corrected chi connectivity index (χ3v) is 4.82. The standard InChI is InChI=1S/C18H19N3O2S/c1-21-11-10-14(13-21)12-19-18-5-3-4-17(20-18)15-6-8-16(9-7-15)24(2,22)23/h3-11,13H,12H2,1-2H3,(H,19,20). The molecule has 0 saturated heterocycles. The Balaban J connectivity index is 1.77. The molecule has 1 N–H and O–H groups in total. The molecule has 24 heavy (non-hydrogen) atoms. The first kappa shape index (κ1) is 16.3. The number of benzene rings is 1. The van der Waals surface area contributed by atoms with E-state index in [0.29, 0.717) is 11.4 Å². The van der Waals surface area contributed by atoms with Crippen molar-refractivity contribution in [3.63, 3.8) is 0 Å². The molecule has 0 saturated carbocycles. The Morgan fingerprint density at radius 2 is 1.83 bits per heavy atom. The van der Waals surface area contributed by atoms with Crippen LogP contribution in [-0.4, -0.2) is 24.2 Å². The van der Waals surface area contributed by atoms with Gasteiger partial charge in [-0.15, -0.1) is 0 Å². The maximum atomic E-state index is 11.5. The van der Waals surface area contributed by atoms with Gasteiger partial charge in [-0.1, -0.05) is 18.2 Å². The quantitative estimate of drug-likeness (QED) is 0.774. The highest BCUT2D eigenvalue weighted by Gasteiger charge is 2.07. The highest BCUT2D eigenvalue weighted by molar-refractivity contribution is 7.90. The predicted octanol–water partition coefficient (Wildman–Crippen LogP) is 3.10. The molecule has 0 fully saturated rings. The van der Waals surface area contributed by atoms with E-state index < -0.39 is 9.84 Å². The zero-order valence-electron chi connectivity index (χ0n) is 13.6. The molecule has 124 valence electrons. The van der Waals surface area contributed by atoms with Gasteiger partial charge in [-0.3, -0.25) is 0 Å². The van der Waals surface area contributed by atoms with E-state index in [9.17, 15) is 8.42 Å². The number of rotatable bonds is 5. The summed E-state index contributed by atoms with van der Waals surface area (Å²) in [6, 6.07) is 14.6. The summed E-state index contributed by atoms with van der Waals surface area (Å²) < 4.78 is 25.1. The lowest BCUT2D eigenvalue weighted by molar-refractivity contribution is 0.602. The molecule has 0 amide bonds. The molecular weight excluding hydrogens is 322 g/mol. The van der Waals surface area contributed by atoms with Crippen LogP contribution in [0.2, 0.25) is 0 Å². The maximum absolute atomic E-state index is 11.5. The van der Waals surface area contributed by atoms with Crippen molar-refractivity contribution in [3.8, 4) is 11.3 Å². The van der Waals surface area contributed by atoms with Crippen LogP contribution in [0.15, 0.2) is 65.8 Å². The topological polar surface area (TPSA) is 64.0 Å². The van der Waals surface area contributed by atoms with E-state index in [4.69, 9.17) is 0 Å². The van der Waals surface area contributed by atoms with Crippen LogP contribution < -0.4 is 5.32 Å². The van der Waals surface area contributed by atoms with Crippen LogP contribution in [0.5, 0.6) is 0 Å². The van der Waals surface area contributed by atoms with Gasteiger partial charge in [0, 0.05) is 37.8 Å².